The molecule has 0 radical (unpaired) electrons. The summed E-state index contributed by atoms with van der Waals surface area (Å²) in [6.07, 6.45) is 7.26. The Labute approximate surface area is 126 Å². The molecule has 0 aliphatic carbocycles. The molecule has 2 rings (SSSR count). The van der Waals surface area contributed by atoms with Crippen molar-refractivity contribution in [1.82, 2.24) is 19.7 Å². The number of anilines is 1. The highest BCUT2D eigenvalue weighted by molar-refractivity contribution is 9.10. The molecule has 0 aromatic carbocycles. The van der Waals surface area contributed by atoms with Crippen LogP contribution in [0.15, 0.2) is 23.1 Å². The number of nitrogens with one attached hydrogen (secondary N) is 1. The third-order valence-corrected chi connectivity index (χ3v) is 3.07. The lowest BCUT2D eigenvalue weighted by molar-refractivity contribution is 0.457. The minimum absolute atomic E-state index is 0.481. The van der Waals surface area contributed by atoms with Gasteiger partial charge in [-0.05, 0) is 28.8 Å². The number of ether oxygens (including phenoxy) is 1. The van der Waals surface area contributed by atoms with Gasteiger partial charge < -0.3 is 10.1 Å². The van der Waals surface area contributed by atoms with Gasteiger partial charge in [-0.3, -0.25) is 4.68 Å². The maximum absolute atomic E-state index is 5.74. The van der Waals surface area contributed by atoms with Gasteiger partial charge in [0.1, 0.15) is 0 Å². The van der Waals surface area contributed by atoms with Crippen LogP contribution in [0.4, 0.5) is 5.95 Å². The lowest BCUT2D eigenvalue weighted by atomic mass is 10.5. The third kappa shape index (κ3) is 3.93. The van der Waals surface area contributed by atoms with Gasteiger partial charge in [-0.25, -0.2) is 4.98 Å². The molecule has 20 heavy (non-hydrogen) atoms. The molecule has 108 valence electrons. The Hall–Kier alpha value is -1.63. The van der Waals surface area contributed by atoms with Crippen LogP contribution in [-0.2, 0) is 6.54 Å². The van der Waals surface area contributed by atoms with Crippen LogP contribution < -0.4 is 10.1 Å². The summed E-state index contributed by atoms with van der Waals surface area (Å²) in [7, 11) is 0. The first-order chi connectivity index (χ1) is 9.72. The molecule has 0 bridgehead atoms. The molecule has 1 N–H and O–H groups in total. The van der Waals surface area contributed by atoms with E-state index in [1.165, 1.54) is 0 Å². The lowest BCUT2D eigenvalue weighted by Gasteiger charge is -2.07. The quantitative estimate of drug-likeness (QED) is 0.836. The Kier molecular flexibility index (Phi) is 5.34. The summed E-state index contributed by atoms with van der Waals surface area (Å²) in [6, 6.07) is 0. The summed E-state index contributed by atoms with van der Waals surface area (Å²) >= 11 is 3.39. The standard InChI is InChI=1S/C13H18BrN5O/c1-3-5-15-13-16-8-11(14)12(18-13)20-10-7-17-19(9-10)6-4-2/h7-9H,3-6H2,1-2H3,(H,15,16,18). The van der Waals surface area contributed by atoms with E-state index in [-0.39, 0.29) is 0 Å². The van der Waals surface area contributed by atoms with E-state index in [1.54, 1.807) is 12.4 Å². The molecule has 0 saturated heterocycles. The minimum Gasteiger partial charge on any atom is -0.434 e. The fourth-order valence-corrected chi connectivity index (χ4v) is 1.88. The highest BCUT2D eigenvalue weighted by atomic mass is 79.9. The van der Waals surface area contributed by atoms with E-state index in [2.05, 4.69) is 50.2 Å². The van der Waals surface area contributed by atoms with Crippen LogP contribution >= 0.6 is 15.9 Å². The highest BCUT2D eigenvalue weighted by Crippen LogP contribution is 2.27. The monoisotopic (exact) mass is 339 g/mol. The second-order valence-electron chi connectivity index (χ2n) is 4.31. The first-order valence-corrected chi connectivity index (χ1v) is 7.49. The molecule has 0 atom stereocenters. The van der Waals surface area contributed by atoms with Crippen LogP contribution in [0.3, 0.4) is 0 Å². The minimum atomic E-state index is 0.481. The van der Waals surface area contributed by atoms with Crippen molar-refractivity contribution in [3.8, 4) is 11.6 Å². The predicted octanol–water partition coefficient (Wildman–Crippen LogP) is 3.46. The van der Waals surface area contributed by atoms with E-state index in [0.717, 1.165) is 25.9 Å². The molecule has 0 unspecified atom stereocenters. The number of hydrogen-bond donors (Lipinski definition) is 1. The van der Waals surface area contributed by atoms with Crippen molar-refractivity contribution in [2.24, 2.45) is 0 Å². The summed E-state index contributed by atoms with van der Waals surface area (Å²) in [5, 5.41) is 7.35. The molecule has 7 heteroatoms. The van der Waals surface area contributed by atoms with Gasteiger partial charge in [-0.2, -0.15) is 10.1 Å². The van der Waals surface area contributed by atoms with E-state index in [0.29, 0.717) is 22.1 Å². The molecule has 0 aliphatic rings. The van der Waals surface area contributed by atoms with Gasteiger partial charge in [0.25, 0.3) is 0 Å². The number of aromatic nitrogens is 4. The zero-order chi connectivity index (χ0) is 14.4. The van der Waals surface area contributed by atoms with Gasteiger partial charge in [0, 0.05) is 13.1 Å². The maximum Gasteiger partial charge on any atom is 0.238 e. The average Bonchev–Trinajstić information content (AvgIpc) is 2.87. The van der Waals surface area contributed by atoms with Crippen molar-refractivity contribution >= 4 is 21.9 Å². The van der Waals surface area contributed by atoms with Crippen LogP contribution in [0.1, 0.15) is 26.7 Å². The second kappa shape index (κ2) is 7.23. The largest absolute Gasteiger partial charge is 0.434 e. The van der Waals surface area contributed by atoms with Crippen LogP contribution in [0.25, 0.3) is 0 Å². The van der Waals surface area contributed by atoms with E-state index in [9.17, 15) is 0 Å². The first-order valence-electron chi connectivity index (χ1n) is 6.69. The van der Waals surface area contributed by atoms with Crippen molar-refractivity contribution in [2.45, 2.75) is 33.2 Å². The first kappa shape index (κ1) is 14.8. The molecule has 2 aromatic rings. The Balaban J connectivity index is 2.10. The Morgan fingerprint density at radius 1 is 1.30 bits per heavy atom. The topological polar surface area (TPSA) is 64.9 Å². The SMILES string of the molecule is CCCNc1ncc(Br)c(Oc2cnn(CCC)c2)n1. The Morgan fingerprint density at radius 2 is 2.15 bits per heavy atom. The molecular formula is C13H18BrN5O. The van der Waals surface area contributed by atoms with E-state index >= 15 is 0 Å². The molecule has 2 aromatic heterocycles. The number of hydrogen-bond acceptors (Lipinski definition) is 5. The summed E-state index contributed by atoms with van der Waals surface area (Å²) < 4.78 is 8.29. The zero-order valence-electron chi connectivity index (χ0n) is 11.6. The van der Waals surface area contributed by atoms with Crippen LogP contribution in [0, 0.1) is 0 Å². The van der Waals surface area contributed by atoms with Gasteiger partial charge in [-0.1, -0.05) is 13.8 Å². The molecule has 0 spiro atoms. The Morgan fingerprint density at radius 3 is 2.90 bits per heavy atom. The van der Waals surface area contributed by atoms with Crippen molar-refractivity contribution in [3.05, 3.63) is 23.1 Å². The summed E-state index contributed by atoms with van der Waals surface area (Å²) in [5.74, 6) is 1.71. The Bertz CT molecular complexity index is 557. The second-order valence-corrected chi connectivity index (χ2v) is 5.17. The lowest BCUT2D eigenvalue weighted by Crippen LogP contribution is -2.04. The molecular weight excluding hydrogens is 322 g/mol. The molecule has 6 nitrogen and oxygen atoms in total. The maximum atomic E-state index is 5.74. The summed E-state index contributed by atoms with van der Waals surface area (Å²) in [5.41, 5.74) is 0. The summed E-state index contributed by atoms with van der Waals surface area (Å²) in [6.45, 7) is 5.90. The fraction of sp³-hybridized carbons (Fsp3) is 0.462. The van der Waals surface area contributed by atoms with Crippen molar-refractivity contribution in [2.75, 3.05) is 11.9 Å². The van der Waals surface area contributed by atoms with Crippen LogP contribution in [0.2, 0.25) is 0 Å². The molecule has 0 saturated carbocycles. The molecule has 0 aliphatic heterocycles. The predicted molar refractivity (Wildman–Crippen MR) is 81.1 cm³/mol. The summed E-state index contributed by atoms with van der Waals surface area (Å²) in [4.78, 5) is 8.51. The average molecular weight is 340 g/mol. The van der Waals surface area contributed by atoms with Gasteiger partial charge >= 0.3 is 0 Å². The third-order valence-electron chi connectivity index (χ3n) is 2.52. The van der Waals surface area contributed by atoms with Gasteiger partial charge in [0.15, 0.2) is 5.75 Å². The van der Waals surface area contributed by atoms with E-state index in [1.807, 2.05) is 10.9 Å². The van der Waals surface area contributed by atoms with Gasteiger partial charge in [-0.15, -0.1) is 0 Å². The molecule has 2 heterocycles. The smallest absolute Gasteiger partial charge is 0.238 e. The van der Waals surface area contributed by atoms with Gasteiger partial charge in [0.05, 0.1) is 23.1 Å². The molecule has 0 amide bonds. The highest BCUT2D eigenvalue weighted by Gasteiger charge is 2.09. The number of nitrogens with zero attached hydrogens (tertiary/aromatic N) is 4. The molecule has 0 fully saturated rings. The normalized spacial score (nSPS) is 10.6. The number of rotatable bonds is 7. The van der Waals surface area contributed by atoms with E-state index < -0.39 is 0 Å². The van der Waals surface area contributed by atoms with E-state index in [4.69, 9.17) is 4.74 Å². The fourth-order valence-electron chi connectivity index (χ4n) is 1.61. The van der Waals surface area contributed by atoms with Gasteiger partial charge in [0.2, 0.25) is 11.8 Å². The van der Waals surface area contributed by atoms with Crippen molar-refractivity contribution in [1.29, 1.82) is 0 Å². The zero-order valence-corrected chi connectivity index (χ0v) is 13.2. The van der Waals surface area contributed by atoms with Crippen molar-refractivity contribution in [3.63, 3.8) is 0 Å². The number of aryl methyl sites for hydroxylation is 1. The van der Waals surface area contributed by atoms with Crippen molar-refractivity contribution < 1.29 is 4.74 Å². The van der Waals surface area contributed by atoms with Crippen LogP contribution in [-0.4, -0.2) is 26.3 Å². The number of halogens is 1. The van der Waals surface area contributed by atoms with Crippen LogP contribution in [0.5, 0.6) is 11.6 Å².